The minimum atomic E-state index is -4.72. The first kappa shape index (κ1) is 15.9. The van der Waals surface area contributed by atoms with Gasteiger partial charge in [0.15, 0.2) is 5.58 Å². The molecule has 0 aliphatic heterocycles. The van der Waals surface area contributed by atoms with Crippen molar-refractivity contribution in [3.63, 3.8) is 0 Å². The summed E-state index contributed by atoms with van der Waals surface area (Å²) in [6, 6.07) is 10.8. The molecule has 1 N–H and O–H groups in total. The molecule has 8 heteroatoms. The van der Waals surface area contributed by atoms with Gasteiger partial charge < -0.3 is 14.5 Å². The van der Waals surface area contributed by atoms with Gasteiger partial charge in [-0.25, -0.2) is 4.98 Å². The van der Waals surface area contributed by atoms with Gasteiger partial charge in [0.2, 0.25) is 12.3 Å². The lowest BCUT2D eigenvalue weighted by atomic mass is 10.1. The molecule has 5 nitrogen and oxygen atoms in total. The standard InChI is InChI=1S/C16H11F3N2O3/c17-16(18,19)24-12-4-1-10(2-5-12)11-3-6-13-14(7-11)23-15(21-13)8-20-9-22/h1-7,9H,8H2,(H,20,22). The summed E-state index contributed by atoms with van der Waals surface area (Å²) in [7, 11) is 0. The van der Waals surface area contributed by atoms with Crippen LogP contribution in [0.1, 0.15) is 5.89 Å². The highest BCUT2D eigenvalue weighted by Gasteiger charge is 2.30. The Kier molecular flexibility index (Phi) is 4.11. The number of nitrogens with zero attached hydrogens (tertiary/aromatic N) is 1. The third-order valence-corrected chi connectivity index (χ3v) is 3.19. The maximum atomic E-state index is 12.2. The number of fused-ring (bicyclic) bond motifs is 1. The van der Waals surface area contributed by atoms with Crippen molar-refractivity contribution in [2.45, 2.75) is 12.9 Å². The largest absolute Gasteiger partial charge is 0.573 e. The molecule has 0 fully saturated rings. The minimum Gasteiger partial charge on any atom is -0.439 e. The Morgan fingerprint density at radius 3 is 2.50 bits per heavy atom. The number of oxazole rings is 1. The molecule has 0 unspecified atom stereocenters. The van der Waals surface area contributed by atoms with Gasteiger partial charge in [-0.05, 0) is 35.4 Å². The molecule has 0 bridgehead atoms. The van der Waals surface area contributed by atoms with E-state index in [0.717, 1.165) is 5.56 Å². The van der Waals surface area contributed by atoms with Crippen molar-refractivity contribution >= 4 is 17.5 Å². The van der Waals surface area contributed by atoms with Crippen LogP contribution in [0.4, 0.5) is 13.2 Å². The third-order valence-electron chi connectivity index (χ3n) is 3.19. The molecular formula is C16H11F3N2O3. The number of amides is 1. The number of hydrogen-bond donors (Lipinski definition) is 1. The Balaban J connectivity index is 1.84. The van der Waals surface area contributed by atoms with E-state index < -0.39 is 6.36 Å². The van der Waals surface area contributed by atoms with Crippen molar-refractivity contribution in [2.75, 3.05) is 0 Å². The molecule has 0 atom stereocenters. The number of ether oxygens (including phenoxy) is 1. The number of nitrogens with one attached hydrogen (secondary N) is 1. The van der Waals surface area contributed by atoms with Gasteiger partial charge in [-0.1, -0.05) is 18.2 Å². The monoisotopic (exact) mass is 336 g/mol. The lowest BCUT2D eigenvalue weighted by Crippen LogP contribution is -2.16. The van der Waals surface area contributed by atoms with Gasteiger partial charge in [0.25, 0.3) is 0 Å². The number of halogens is 3. The summed E-state index contributed by atoms with van der Waals surface area (Å²) in [6.45, 7) is 0.178. The van der Waals surface area contributed by atoms with Crippen molar-refractivity contribution in [1.29, 1.82) is 0 Å². The van der Waals surface area contributed by atoms with Crippen LogP contribution in [-0.2, 0) is 11.3 Å². The Morgan fingerprint density at radius 2 is 1.83 bits per heavy atom. The smallest absolute Gasteiger partial charge is 0.439 e. The minimum absolute atomic E-state index is 0.178. The quantitative estimate of drug-likeness (QED) is 0.723. The Bertz CT molecular complexity index is 857. The molecule has 124 valence electrons. The van der Waals surface area contributed by atoms with E-state index in [9.17, 15) is 18.0 Å². The molecule has 0 aliphatic carbocycles. The Labute approximate surface area is 134 Å². The summed E-state index contributed by atoms with van der Waals surface area (Å²) in [5.41, 5.74) is 2.60. The van der Waals surface area contributed by atoms with E-state index in [-0.39, 0.29) is 12.3 Å². The molecule has 1 aromatic heterocycles. The Hall–Kier alpha value is -3.03. The van der Waals surface area contributed by atoms with Gasteiger partial charge in [-0.2, -0.15) is 0 Å². The number of hydrogen-bond acceptors (Lipinski definition) is 4. The maximum absolute atomic E-state index is 12.2. The van der Waals surface area contributed by atoms with Crippen molar-refractivity contribution in [1.82, 2.24) is 10.3 Å². The zero-order chi connectivity index (χ0) is 17.2. The first-order chi connectivity index (χ1) is 11.4. The summed E-state index contributed by atoms with van der Waals surface area (Å²) in [5, 5.41) is 2.45. The van der Waals surface area contributed by atoms with Crippen LogP contribution in [0.2, 0.25) is 0 Å². The molecule has 3 rings (SSSR count). The molecule has 0 radical (unpaired) electrons. The first-order valence-electron chi connectivity index (χ1n) is 6.87. The van der Waals surface area contributed by atoms with Crippen LogP contribution in [0.3, 0.4) is 0 Å². The fraction of sp³-hybridized carbons (Fsp3) is 0.125. The van der Waals surface area contributed by atoms with Crippen LogP contribution in [0.15, 0.2) is 46.9 Å². The van der Waals surface area contributed by atoms with Gasteiger partial charge in [0.05, 0.1) is 6.54 Å². The SMILES string of the molecule is O=CNCc1nc2ccc(-c3ccc(OC(F)(F)F)cc3)cc2o1. The average molecular weight is 336 g/mol. The fourth-order valence-electron chi connectivity index (χ4n) is 2.21. The Morgan fingerprint density at radius 1 is 1.12 bits per heavy atom. The topological polar surface area (TPSA) is 64.4 Å². The molecule has 0 saturated carbocycles. The third kappa shape index (κ3) is 3.65. The molecule has 0 spiro atoms. The molecule has 0 saturated heterocycles. The van der Waals surface area contributed by atoms with Crippen molar-refractivity contribution < 1.29 is 27.1 Å². The predicted octanol–water partition coefficient (Wildman–Crippen LogP) is 3.64. The lowest BCUT2D eigenvalue weighted by Gasteiger charge is -2.09. The van der Waals surface area contributed by atoms with E-state index in [1.807, 2.05) is 0 Å². The molecule has 2 aromatic carbocycles. The van der Waals surface area contributed by atoms with E-state index in [1.54, 1.807) is 18.2 Å². The number of carbonyl (C=O) groups is 1. The lowest BCUT2D eigenvalue weighted by molar-refractivity contribution is -0.274. The van der Waals surface area contributed by atoms with E-state index >= 15 is 0 Å². The summed E-state index contributed by atoms with van der Waals surface area (Å²) < 4.78 is 45.8. The zero-order valence-electron chi connectivity index (χ0n) is 12.1. The van der Waals surface area contributed by atoms with Crippen molar-refractivity contribution in [2.24, 2.45) is 0 Å². The predicted molar refractivity (Wildman–Crippen MR) is 79.0 cm³/mol. The second-order valence-corrected chi connectivity index (χ2v) is 4.86. The van der Waals surface area contributed by atoms with E-state index in [1.165, 1.54) is 24.3 Å². The van der Waals surface area contributed by atoms with Gasteiger partial charge in [-0.3, -0.25) is 4.79 Å². The number of aromatic nitrogens is 1. The number of rotatable bonds is 5. The number of alkyl halides is 3. The molecule has 1 heterocycles. The summed E-state index contributed by atoms with van der Waals surface area (Å²) >= 11 is 0. The first-order valence-corrected chi connectivity index (χ1v) is 6.87. The highest BCUT2D eigenvalue weighted by molar-refractivity contribution is 5.80. The number of carbonyl (C=O) groups excluding carboxylic acids is 1. The van der Waals surface area contributed by atoms with Gasteiger partial charge >= 0.3 is 6.36 Å². The normalized spacial score (nSPS) is 11.5. The zero-order valence-corrected chi connectivity index (χ0v) is 12.1. The summed E-state index contributed by atoms with van der Waals surface area (Å²) in [6.07, 6.45) is -4.17. The summed E-state index contributed by atoms with van der Waals surface area (Å²) in [4.78, 5) is 14.5. The summed E-state index contributed by atoms with van der Waals surface area (Å²) in [5.74, 6) is 0.0809. The van der Waals surface area contributed by atoms with Gasteiger partial charge in [-0.15, -0.1) is 13.2 Å². The van der Waals surface area contributed by atoms with Crippen molar-refractivity contribution in [3.05, 3.63) is 48.4 Å². The molecule has 3 aromatic rings. The highest BCUT2D eigenvalue weighted by Crippen LogP contribution is 2.28. The van der Waals surface area contributed by atoms with Crippen LogP contribution < -0.4 is 10.1 Å². The highest BCUT2D eigenvalue weighted by atomic mass is 19.4. The molecule has 1 amide bonds. The molecule has 0 aliphatic rings. The molecule has 24 heavy (non-hydrogen) atoms. The maximum Gasteiger partial charge on any atom is 0.573 e. The number of benzene rings is 2. The van der Waals surface area contributed by atoms with Crippen LogP contribution in [0.25, 0.3) is 22.2 Å². The second-order valence-electron chi connectivity index (χ2n) is 4.86. The van der Waals surface area contributed by atoms with Crippen LogP contribution in [0, 0.1) is 0 Å². The van der Waals surface area contributed by atoms with E-state index in [0.29, 0.717) is 29.0 Å². The van der Waals surface area contributed by atoms with E-state index in [2.05, 4.69) is 15.0 Å². The van der Waals surface area contributed by atoms with Crippen LogP contribution >= 0.6 is 0 Å². The van der Waals surface area contributed by atoms with Crippen molar-refractivity contribution in [3.8, 4) is 16.9 Å². The average Bonchev–Trinajstić information content (AvgIpc) is 2.94. The van der Waals surface area contributed by atoms with Crippen LogP contribution in [0.5, 0.6) is 5.75 Å². The van der Waals surface area contributed by atoms with Gasteiger partial charge in [0, 0.05) is 0 Å². The molecular weight excluding hydrogens is 325 g/mol. The fourth-order valence-corrected chi connectivity index (χ4v) is 2.21. The van der Waals surface area contributed by atoms with E-state index in [4.69, 9.17) is 4.42 Å². The van der Waals surface area contributed by atoms with Crippen LogP contribution in [-0.4, -0.2) is 17.8 Å². The van der Waals surface area contributed by atoms with Gasteiger partial charge in [0.1, 0.15) is 11.3 Å². The second kappa shape index (κ2) is 6.23.